The maximum Gasteiger partial charge on any atom is 0.0950 e. The van der Waals surface area contributed by atoms with Crippen LogP contribution in [0.1, 0.15) is 31.5 Å². The number of aromatic nitrogens is 2. The summed E-state index contributed by atoms with van der Waals surface area (Å²) in [4.78, 5) is 4.14. The predicted octanol–water partition coefficient (Wildman–Crippen LogP) is 3.96. The third kappa shape index (κ3) is 4.59. The van der Waals surface area contributed by atoms with E-state index < -0.39 is 0 Å². The first kappa shape index (κ1) is 18.4. The van der Waals surface area contributed by atoms with E-state index in [1.807, 2.05) is 16.8 Å². The lowest BCUT2D eigenvalue weighted by Crippen LogP contribution is -2.37. The van der Waals surface area contributed by atoms with Gasteiger partial charge in [0.1, 0.15) is 0 Å². The molecule has 0 spiro atoms. The van der Waals surface area contributed by atoms with Gasteiger partial charge in [-0.15, -0.1) is 0 Å². The Morgan fingerprint density at radius 3 is 2.35 bits per heavy atom. The van der Waals surface area contributed by atoms with Gasteiger partial charge in [0.05, 0.1) is 18.6 Å². The number of nitrogens with zero attached hydrogens (tertiary/aromatic N) is 2. The Balaban J connectivity index is 1.54. The molecular weight excluding hydrogens is 322 g/mol. The monoisotopic (exact) mass is 349 g/mol. The first-order valence-electron chi connectivity index (χ1n) is 9.11. The van der Waals surface area contributed by atoms with Crippen molar-refractivity contribution in [3.05, 3.63) is 78.4 Å². The lowest BCUT2D eigenvalue weighted by atomic mass is 9.92. The fourth-order valence-corrected chi connectivity index (χ4v) is 3.08. The highest BCUT2D eigenvalue weighted by atomic mass is 16.3. The number of hydrogen-bond acceptors (Lipinski definition) is 3. The number of imidazole rings is 1. The first-order chi connectivity index (χ1) is 12.6. The second kappa shape index (κ2) is 8.30. The van der Waals surface area contributed by atoms with Crippen molar-refractivity contribution >= 4 is 0 Å². The van der Waals surface area contributed by atoms with Crippen LogP contribution >= 0.6 is 0 Å². The number of rotatable bonds is 8. The Morgan fingerprint density at radius 2 is 1.69 bits per heavy atom. The fourth-order valence-electron chi connectivity index (χ4n) is 3.08. The van der Waals surface area contributed by atoms with Crippen LogP contribution in [0.25, 0.3) is 11.1 Å². The van der Waals surface area contributed by atoms with Crippen LogP contribution in [0.3, 0.4) is 0 Å². The van der Waals surface area contributed by atoms with E-state index in [4.69, 9.17) is 5.11 Å². The summed E-state index contributed by atoms with van der Waals surface area (Å²) in [6.07, 6.45) is 4.68. The van der Waals surface area contributed by atoms with E-state index >= 15 is 0 Å². The van der Waals surface area contributed by atoms with Crippen molar-refractivity contribution in [2.45, 2.75) is 39.0 Å². The van der Waals surface area contributed by atoms with Crippen LogP contribution in [-0.2, 0) is 18.7 Å². The second-order valence-electron chi connectivity index (χ2n) is 7.11. The number of aryl methyl sites for hydroxylation is 1. The molecule has 136 valence electrons. The van der Waals surface area contributed by atoms with Gasteiger partial charge < -0.3 is 15.0 Å². The number of aliphatic hydroxyl groups excluding tert-OH is 1. The molecule has 26 heavy (non-hydrogen) atoms. The van der Waals surface area contributed by atoms with Gasteiger partial charge in [-0.05, 0) is 43.5 Å². The van der Waals surface area contributed by atoms with Gasteiger partial charge in [-0.1, -0.05) is 54.6 Å². The Labute approximate surface area is 155 Å². The fraction of sp³-hybridized carbons (Fsp3) is 0.318. The summed E-state index contributed by atoms with van der Waals surface area (Å²) in [5.41, 5.74) is 4.40. The third-order valence-corrected chi connectivity index (χ3v) is 4.72. The van der Waals surface area contributed by atoms with Gasteiger partial charge in [-0.25, -0.2) is 4.98 Å². The molecule has 3 aromatic rings. The topological polar surface area (TPSA) is 50.1 Å². The van der Waals surface area contributed by atoms with Crippen LogP contribution in [0.15, 0.2) is 67.1 Å². The highest BCUT2D eigenvalue weighted by Crippen LogP contribution is 2.24. The second-order valence-corrected chi connectivity index (χ2v) is 7.11. The molecule has 2 N–H and O–H groups in total. The van der Waals surface area contributed by atoms with E-state index in [9.17, 15) is 0 Å². The largest absolute Gasteiger partial charge is 0.390 e. The summed E-state index contributed by atoms with van der Waals surface area (Å²) in [6.45, 7) is 6.23. The summed E-state index contributed by atoms with van der Waals surface area (Å²) in [7, 11) is 0. The summed E-state index contributed by atoms with van der Waals surface area (Å²) in [5, 5.41) is 12.7. The number of hydrogen-bond donors (Lipinski definition) is 2. The molecule has 0 unspecified atom stereocenters. The standard InChI is InChI=1S/C22H27N3O/c1-22(2,24-13-6-14-25-15-21(16-26)23-17-25)20-11-9-19(10-12-20)18-7-4-3-5-8-18/h3-5,7-12,15,17,24,26H,6,13-14,16H2,1-2H3. The third-order valence-electron chi connectivity index (χ3n) is 4.72. The molecule has 0 atom stereocenters. The minimum atomic E-state index is -0.0829. The van der Waals surface area contributed by atoms with Gasteiger partial charge >= 0.3 is 0 Å². The van der Waals surface area contributed by atoms with Crippen LogP contribution < -0.4 is 5.32 Å². The average molecular weight is 349 g/mol. The minimum Gasteiger partial charge on any atom is -0.390 e. The van der Waals surface area contributed by atoms with Gasteiger partial charge in [-0.3, -0.25) is 0 Å². The Kier molecular flexibility index (Phi) is 5.86. The maximum atomic E-state index is 9.06. The summed E-state index contributed by atoms with van der Waals surface area (Å²) in [5.74, 6) is 0. The maximum absolute atomic E-state index is 9.06. The normalized spacial score (nSPS) is 11.7. The molecule has 4 nitrogen and oxygen atoms in total. The molecule has 0 aliphatic rings. The van der Waals surface area contributed by atoms with Gasteiger partial charge in [0.25, 0.3) is 0 Å². The van der Waals surface area contributed by atoms with Crippen molar-refractivity contribution in [3.8, 4) is 11.1 Å². The molecule has 2 aromatic carbocycles. The Bertz CT molecular complexity index is 807. The molecule has 4 heteroatoms. The van der Waals surface area contributed by atoms with Crippen LogP contribution in [0.2, 0.25) is 0 Å². The van der Waals surface area contributed by atoms with Crippen LogP contribution in [0.4, 0.5) is 0 Å². The van der Waals surface area contributed by atoms with Crippen molar-refractivity contribution in [1.29, 1.82) is 0 Å². The first-order valence-corrected chi connectivity index (χ1v) is 9.11. The summed E-state index contributed by atoms with van der Waals surface area (Å²) >= 11 is 0. The molecule has 0 radical (unpaired) electrons. The molecule has 1 heterocycles. The lowest BCUT2D eigenvalue weighted by Gasteiger charge is -2.27. The molecular formula is C22H27N3O. The summed E-state index contributed by atoms with van der Waals surface area (Å²) < 4.78 is 2.02. The van der Waals surface area contributed by atoms with E-state index in [-0.39, 0.29) is 12.1 Å². The number of benzene rings is 2. The van der Waals surface area contributed by atoms with Crippen molar-refractivity contribution in [2.24, 2.45) is 0 Å². The predicted molar refractivity (Wildman–Crippen MR) is 106 cm³/mol. The van der Waals surface area contributed by atoms with Crippen LogP contribution in [0.5, 0.6) is 0 Å². The smallest absolute Gasteiger partial charge is 0.0950 e. The van der Waals surface area contributed by atoms with E-state index in [2.05, 4.69) is 72.7 Å². The molecule has 0 amide bonds. The molecule has 0 saturated carbocycles. The molecule has 0 bridgehead atoms. The number of nitrogens with one attached hydrogen (secondary N) is 1. The molecule has 3 rings (SSSR count). The highest BCUT2D eigenvalue weighted by molar-refractivity contribution is 5.63. The van der Waals surface area contributed by atoms with E-state index in [0.717, 1.165) is 25.2 Å². The minimum absolute atomic E-state index is 0.00272. The molecule has 0 fully saturated rings. The molecule has 0 aliphatic carbocycles. The van der Waals surface area contributed by atoms with Crippen LogP contribution in [0, 0.1) is 0 Å². The Morgan fingerprint density at radius 1 is 1.00 bits per heavy atom. The molecule has 0 aliphatic heterocycles. The van der Waals surface area contributed by atoms with Gasteiger partial charge in [0, 0.05) is 18.3 Å². The molecule has 1 aromatic heterocycles. The quantitative estimate of drug-likeness (QED) is 0.605. The van der Waals surface area contributed by atoms with Crippen molar-refractivity contribution in [3.63, 3.8) is 0 Å². The zero-order valence-electron chi connectivity index (χ0n) is 15.5. The molecule has 0 saturated heterocycles. The average Bonchev–Trinajstić information content (AvgIpc) is 3.14. The van der Waals surface area contributed by atoms with Crippen molar-refractivity contribution in [2.75, 3.05) is 6.54 Å². The van der Waals surface area contributed by atoms with Gasteiger partial charge in [0.2, 0.25) is 0 Å². The van der Waals surface area contributed by atoms with Gasteiger partial charge in [0.15, 0.2) is 0 Å². The zero-order chi connectivity index (χ0) is 18.4. The van der Waals surface area contributed by atoms with E-state index in [1.165, 1.54) is 16.7 Å². The lowest BCUT2D eigenvalue weighted by molar-refractivity contribution is 0.277. The summed E-state index contributed by atoms with van der Waals surface area (Å²) in [6, 6.07) is 19.2. The van der Waals surface area contributed by atoms with E-state index in [1.54, 1.807) is 6.33 Å². The zero-order valence-corrected chi connectivity index (χ0v) is 15.5. The number of aliphatic hydroxyl groups is 1. The van der Waals surface area contributed by atoms with Crippen molar-refractivity contribution in [1.82, 2.24) is 14.9 Å². The van der Waals surface area contributed by atoms with Crippen molar-refractivity contribution < 1.29 is 5.11 Å². The van der Waals surface area contributed by atoms with Gasteiger partial charge in [-0.2, -0.15) is 0 Å². The Hall–Kier alpha value is -2.43. The van der Waals surface area contributed by atoms with E-state index in [0.29, 0.717) is 0 Å². The van der Waals surface area contributed by atoms with Crippen LogP contribution in [-0.4, -0.2) is 21.2 Å². The SMILES string of the molecule is CC(C)(NCCCn1cnc(CO)c1)c1ccc(-c2ccccc2)cc1. The highest BCUT2D eigenvalue weighted by Gasteiger charge is 2.19.